The number of carbonyl (C=O) groups excluding carboxylic acids is 3. The van der Waals surface area contributed by atoms with Crippen molar-refractivity contribution in [1.29, 1.82) is 5.26 Å². The molecule has 3 amide bonds. The van der Waals surface area contributed by atoms with E-state index in [9.17, 15) is 24.8 Å². The summed E-state index contributed by atoms with van der Waals surface area (Å²) >= 11 is 1.55. The minimum absolute atomic E-state index is 0.0238. The summed E-state index contributed by atoms with van der Waals surface area (Å²) in [6.45, 7) is 13.4. The van der Waals surface area contributed by atoms with Crippen LogP contribution in [0, 0.1) is 29.1 Å². The van der Waals surface area contributed by atoms with Crippen LogP contribution < -0.4 is 15.4 Å². The molecule has 0 spiro atoms. The number of aliphatic hydroxyl groups is 1. The molecule has 1 saturated heterocycles. The summed E-state index contributed by atoms with van der Waals surface area (Å²) in [5.41, 5.74) is 2.21. The topological polar surface area (TPSA) is 145 Å². The number of benzene rings is 1. The fraction of sp³-hybridized carbons (Fsp3) is 0.581. The summed E-state index contributed by atoms with van der Waals surface area (Å²) in [5, 5.41) is 25.7. The summed E-state index contributed by atoms with van der Waals surface area (Å²) in [6.07, 6.45) is 0.120. The molecule has 1 aliphatic carbocycles. The number of rotatable bonds is 8. The van der Waals surface area contributed by atoms with Crippen LogP contribution in [0.3, 0.4) is 0 Å². The lowest BCUT2D eigenvalue weighted by atomic mass is 9.85. The number of nitriles is 1. The van der Waals surface area contributed by atoms with Gasteiger partial charge < -0.3 is 25.4 Å². The number of aliphatic hydroxyl groups excluding tert-OH is 1. The van der Waals surface area contributed by atoms with Gasteiger partial charge in [0.1, 0.15) is 28.8 Å². The maximum Gasteiger partial charge on any atom is 0.246 e. The fourth-order valence-corrected chi connectivity index (χ4v) is 5.85. The first kappa shape index (κ1) is 31.4. The van der Waals surface area contributed by atoms with E-state index in [1.165, 1.54) is 4.90 Å². The second-order valence-electron chi connectivity index (χ2n) is 13.4. The van der Waals surface area contributed by atoms with Gasteiger partial charge in [0.2, 0.25) is 17.7 Å². The maximum atomic E-state index is 13.8. The molecule has 226 valence electrons. The molecule has 3 N–H and O–H groups in total. The number of likely N-dealkylation sites (tertiary alicyclic amines) is 1. The second kappa shape index (κ2) is 11.7. The Morgan fingerprint density at radius 3 is 2.48 bits per heavy atom. The first-order valence-electron chi connectivity index (χ1n) is 14.3. The molecule has 2 aromatic rings. The van der Waals surface area contributed by atoms with E-state index in [-0.39, 0.29) is 19.5 Å². The van der Waals surface area contributed by atoms with Crippen molar-refractivity contribution < 1.29 is 24.2 Å². The number of β-amino-alcohol motifs (C(OH)–C–C–N with tert-alkyl or cyclic N) is 1. The Hall–Kier alpha value is -3.49. The van der Waals surface area contributed by atoms with Crippen LogP contribution in [0.2, 0.25) is 0 Å². The first-order valence-corrected chi connectivity index (χ1v) is 15.1. The Labute approximate surface area is 251 Å². The number of carbonyl (C=O) groups is 3. The Kier molecular flexibility index (Phi) is 8.72. The number of aromatic nitrogens is 1. The van der Waals surface area contributed by atoms with Gasteiger partial charge in [0.15, 0.2) is 0 Å². The molecule has 1 aromatic carbocycles. The van der Waals surface area contributed by atoms with Gasteiger partial charge in [0, 0.05) is 25.1 Å². The van der Waals surface area contributed by atoms with E-state index in [0.717, 1.165) is 21.7 Å². The molecule has 2 fully saturated rings. The SMILES string of the molecule is Cc1ncsc1-c1ccc(CNC(=O)[C@@H]2C[C@@H](O)CN2C(=O)C(NC(=O)C2(C#N)CC2)C(C)(C)C)c(OC(C)(C)C)c1. The average molecular weight is 596 g/mol. The molecule has 0 bridgehead atoms. The summed E-state index contributed by atoms with van der Waals surface area (Å²) < 4.78 is 6.26. The minimum atomic E-state index is -1.09. The Balaban J connectivity index is 1.52. The lowest BCUT2D eigenvalue weighted by Crippen LogP contribution is -2.58. The molecule has 10 nitrogen and oxygen atoms in total. The molecule has 1 unspecified atom stereocenters. The van der Waals surface area contributed by atoms with Gasteiger partial charge in [-0.1, -0.05) is 32.9 Å². The summed E-state index contributed by atoms with van der Waals surface area (Å²) in [6, 6.07) is 6.02. The molecule has 1 saturated carbocycles. The van der Waals surface area contributed by atoms with Gasteiger partial charge >= 0.3 is 0 Å². The van der Waals surface area contributed by atoms with E-state index in [0.29, 0.717) is 18.6 Å². The van der Waals surface area contributed by atoms with Gasteiger partial charge in [-0.2, -0.15) is 5.26 Å². The molecule has 1 aromatic heterocycles. The number of amides is 3. The number of thiazole rings is 1. The van der Waals surface area contributed by atoms with Crippen LogP contribution >= 0.6 is 11.3 Å². The van der Waals surface area contributed by atoms with Gasteiger partial charge in [-0.05, 0) is 57.6 Å². The number of hydrogen-bond acceptors (Lipinski definition) is 8. The van der Waals surface area contributed by atoms with Crippen LogP contribution in [0.15, 0.2) is 23.7 Å². The van der Waals surface area contributed by atoms with E-state index in [2.05, 4.69) is 21.7 Å². The molecule has 11 heteroatoms. The molecular weight excluding hydrogens is 554 g/mol. The number of hydrogen-bond donors (Lipinski definition) is 3. The molecular formula is C31H41N5O5S. The Morgan fingerprint density at radius 2 is 1.93 bits per heavy atom. The van der Waals surface area contributed by atoms with Crippen molar-refractivity contribution in [3.8, 4) is 22.3 Å². The van der Waals surface area contributed by atoms with Crippen molar-refractivity contribution in [2.45, 2.75) is 98.1 Å². The molecule has 4 rings (SSSR count). The predicted octanol–water partition coefficient (Wildman–Crippen LogP) is 3.71. The van der Waals surface area contributed by atoms with E-state index in [4.69, 9.17) is 4.74 Å². The first-order chi connectivity index (χ1) is 19.5. The van der Waals surface area contributed by atoms with E-state index in [1.54, 1.807) is 16.8 Å². The highest BCUT2D eigenvalue weighted by molar-refractivity contribution is 7.13. The Morgan fingerprint density at radius 1 is 1.24 bits per heavy atom. The quantitative estimate of drug-likeness (QED) is 0.422. The highest BCUT2D eigenvalue weighted by Gasteiger charge is 2.53. The molecule has 3 atom stereocenters. The fourth-order valence-electron chi connectivity index (χ4n) is 5.05. The summed E-state index contributed by atoms with van der Waals surface area (Å²) in [7, 11) is 0. The third-order valence-electron chi connectivity index (χ3n) is 7.60. The number of nitrogens with one attached hydrogen (secondary N) is 2. The van der Waals surface area contributed by atoms with Crippen molar-refractivity contribution in [3.05, 3.63) is 35.0 Å². The lowest BCUT2D eigenvalue weighted by molar-refractivity contribution is -0.144. The zero-order valence-corrected chi connectivity index (χ0v) is 26.2. The molecule has 1 aliphatic heterocycles. The number of ether oxygens (including phenoxy) is 1. The van der Waals surface area contributed by atoms with Crippen molar-refractivity contribution in [1.82, 2.24) is 20.5 Å². The molecule has 2 aliphatic rings. The van der Waals surface area contributed by atoms with Crippen molar-refractivity contribution in [2.75, 3.05) is 6.54 Å². The monoisotopic (exact) mass is 595 g/mol. The molecule has 42 heavy (non-hydrogen) atoms. The van der Waals surface area contributed by atoms with Crippen molar-refractivity contribution >= 4 is 29.1 Å². The molecule has 2 heterocycles. The van der Waals surface area contributed by atoms with Gasteiger partial charge in [0.05, 0.1) is 28.3 Å². The van der Waals surface area contributed by atoms with E-state index < -0.39 is 52.3 Å². The number of aryl methyl sites for hydroxylation is 1. The predicted molar refractivity (Wildman–Crippen MR) is 159 cm³/mol. The normalized spacial score (nSPS) is 20.4. The van der Waals surface area contributed by atoms with Gasteiger partial charge in [-0.25, -0.2) is 4.98 Å². The highest BCUT2D eigenvalue weighted by Crippen LogP contribution is 2.45. The third kappa shape index (κ3) is 6.93. The van der Waals surface area contributed by atoms with Gasteiger partial charge in [0.25, 0.3) is 0 Å². The van der Waals surface area contributed by atoms with Crippen molar-refractivity contribution in [2.24, 2.45) is 10.8 Å². The molecule has 0 radical (unpaired) electrons. The highest BCUT2D eigenvalue weighted by atomic mass is 32.1. The standard InChI is InChI=1S/C31H41N5O5S/c1-18-24(42-17-34-18)19-8-9-20(23(12-19)41-30(5,6)7)14-33-26(38)22-13-21(37)15-36(22)27(39)25(29(2,3)4)35-28(40)31(16-32)10-11-31/h8-9,12,17,21-22,25,37H,10-11,13-15H2,1-7H3,(H,33,38)(H,35,40)/t21-,22+,25?/m1/s1. The van der Waals surface area contributed by atoms with Crippen LogP contribution in [-0.2, 0) is 20.9 Å². The van der Waals surface area contributed by atoms with Crippen LogP contribution in [0.1, 0.15) is 72.1 Å². The number of nitrogens with zero attached hydrogens (tertiary/aromatic N) is 3. The lowest BCUT2D eigenvalue weighted by Gasteiger charge is -2.35. The Bertz CT molecular complexity index is 1400. The maximum absolute atomic E-state index is 13.8. The third-order valence-corrected chi connectivity index (χ3v) is 8.57. The summed E-state index contributed by atoms with van der Waals surface area (Å²) in [5.74, 6) is -0.696. The van der Waals surface area contributed by atoms with Crippen molar-refractivity contribution in [3.63, 3.8) is 0 Å². The zero-order chi connectivity index (χ0) is 31.0. The second-order valence-corrected chi connectivity index (χ2v) is 14.2. The summed E-state index contributed by atoms with van der Waals surface area (Å²) in [4.78, 5) is 46.9. The largest absolute Gasteiger partial charge is 0.488 e. The van der Waals surface area contributed by atoms with Gasteiger partial charge in [-0.3, -0.25) is 14.4 Å². The van der Waals surface area contributed by atoms with E-state index >= 15 is 0 Å². The van der Waals surface area contributed by atoms with E-state index in [1.807, 2.05) is 66.7 Å². The van der Waals surface area contributed by atoms with Crippen LogP contribution in [0.25, 0.3) is 10.4 Å². The minimum Gasteiger partial charge on any atom is -0.488 e. The average Bonchev–Trinajstić information content (AvgIpc) is 3.43. The van der Waals surface area contributed by atoms with Gasteiger partial charge in [-0.15, -0.1) is 11.3 Å². The van der Waals surface area contributed by atoms with Crippen LogP contribution in [0.4, 0.5) is 0 Å². The van der Waals surface area contributed by atoms with Crippen LogP contribution in [0.5, 0.6) is 5.75 Å². The smallest absolute Gasteiger partial charge is 0.246 e. The zero-order valence-electron chi connectivity index (χ0n) is 25.4. The van der Waals surface area contributed by atoms with Crippen LogP contribution in [-0.4, -0.2) is 63.0 Å².